The minimum atomic E-state index is -0.269. The van der Waals surface area contributed by atoms with Gasteiger partial charge in [-0.05, 0) is 35.7 Å². The van der Waals surface area contributed by atoms with Crippen LogP contribution in [-0.2, 0) is 0 Å². The Kier molecular flexibility index (Phi) is 4.69. The number of nitrogens with one attached hydrogen (secondary N) is 2. The molecule has 0 aliphatic carbocycles. The van der Waals surface area contributed by atoms with Gasteiger partial charge >= 0.3 is 6.03 Å². The van der Waals surface area contributed by atoms with Crippen LogP contribution < -0.4 is 10.6 Å². The van der Waals surface area contributed by atoms with Crippen LogP contribution in [0.1, 0.15) is 28.3 Å². The maximum atomic E-state index is 12.5. The Morgan fingerprint density at radius 2 is 1.48 bits per heavy atom. The summed E-state index contributed by atoms with van der Waals surface area (Å²) in [5.74, 6) is 0. The van der Waals surface area contributed by atoms with Gasteiger partial charge in [0.25, 0.3) is 0 Å². The van der Waals surface area contributed by atoms with Crippen molar-refractivity contribution in [3.8, 4) is 0 Å². The van der Waals surface area contributed by atoms with Crippen LogP contribution in [0.5, 0.6) is 0 Å². The number of hydrogen-bond acceptors (Lipinski definition) is 1. The van der Waals surface area contributed by atoms with E-state index in [2.05, 4.69) is 34.9 Å². The van der Waals surface area contributed by atoms with Gasteiger partial charge in [0.1, 0.15) is 0 Å². The van der Waals surface area contributed by atoms with Gasteiger partial charge in [0.05, 0.1) is 11.7 Å². The van der Waals surface area contributed by atoms with Crippen LogP contribution in [-0.4, -0.2) is 6.03 Å². The molecule has 1 aliphatic rings. The first-order valence-electron chi connectivity index (χ1n) is 8.81. The smallest absolute Gasteiger partial charge is 0.320 e. The third kappa shape index (κ3) is 3.60. The van der Waals surface area contributed by atoms with Crippen LogP contribution in [0.3, 0.4) is 0 Å². The molecule has 0 bridgehead atoms. The first-order valence-corrected chi connectivity index (χ1v) is 9.19. The Morgan fingerprint density at radius 3 is 2.15 bits per heavy atom. The SMILES string of the molecule is Cc1ccc(C2=C(c3ccccc3)C(c3ccc(Cl)cc3)NC(=O)N2)cc1. The fraction of sp³-hybridized carbons (Fsp3) is 0.0870. The molecular formula is C23H19ClN2O. The van der Waals surface area contributed by atoms with Crippen molar-refractivity contribution in [1.82, 2.24) is 10.6 Å². The largest absolute Gasteiger partial charge is 0.327 e. The lowest BCUT2D eigenvalue weighted by atomic mass is 9.88. The zero-order valence-electron chi connectivity index (χ0n) is 14.9. The van der Waals surface area contributed by atoms with Crippen LogP contribution in [0.15, 0.2) is 78.9 Å². The average Bonchev–Trinajstić information content (AvgIpc) is 2.69. The Bertz CT molecular complexity index is 993. The summed E-state index contributed by atoms with van der Waals surface area (Å²) in [6, 6.07) is 25.4. The quantitative estimate of drug-likeness (QED) is 0.618. The zero-order chi connectivity index (χ0) is 18.8. The summed E-state index contributed by atoms with van der Waals surface area (Å²) in [6.45, 7) is 2.05. The number of carbonyl (C=O) groups excluding carboxylic acids is 1. The minimum Gasteiger partial charge on any atom is -0.327 e. The second-order valence-electron chi connectivity index (χ2n) is 6.60. The molecule has 0 saturated heterocycles. The molecule has 1 heterocycles. The van der Waals surface area contributed by atoms with Gasteiger partial charge in [-0.2, -0.15) is 0 Å². The molecule has 0 fully saturated rings. The van der Waals surface area contributed by atoms with E-state index in [1.54, 1.807) is 0 Å². The van der Waals surface area contributed by atoms with Crippen LogP contribution in [0, 0.1) is 6.92 Å². The molecule has 0 radical (unpaired) electrons. The third-order valence-corrected chi connectivity index (χ3v) is 4.95. The highest BCUT2D eigenvalue weighted by atomic mass is 35.5. The van der Waals surface area contributed by atoms with Gasteiger partial charge in [-0.15, -0.1) is 0 Å². The maximum Gasteiger partial charge on any atom is 0.320 e. The third-order valence-electron chi connectivity index (χ3n) is 4.70. The molecular weight excluding hydrogens is 356 g/mol. The highest BCUT2D eigenvalue weighted by molar-refractivity contribution is 6.30. The summed E-state index contributed by atoms with van der Waals surface area (Å²) in [4.78, 5) is 12.5. The fourth-order valence-corrected chi connectivity index (χ4v) is 3.47. The molecule has 134 valence electrons. The van der Waals surface area contributed by atoms with Crippen molar-refractivity contribution >= 4 is 28.9 Å². The highest BCUT2D eigenvalue weighted by Crippen LogP contribution is 2.38. The molecule has 27 heavy (non-hydrogen) atoms. The summed E-state index contributed by atoms with van der Waals surface area (Å²) in [5.41, 5.74) is 6.05. The standard InChI is InChI=1S/C23H19ClN2O/c1-15-7-9-17(10-8-15)21-20(16-5-3-2-4-6-16)22(26-23(27)25-21)18-11-13-19(24)14-12-18/h2-14,22H,1H3,(H2,25,26,27). The summed E-state index contributed by atoms with van der Waals surface area (Å²) in [5, 5.41) is 6.75. The first kappa shape index (κ1) is 17.4. The molecule has 1 aliphatic heterocycles. The molecule has 3 aromatic carbocycles. The number of aryl methyl sites for hydroxylation is 1. The lowest BCUT2D eigenvalue weighted by molar-refractivity contribution is 0.242. The number of amides is 2. The van der Waals surface area contributed by atoms with Gasteiger partial charge in [-0.25, -0.2) is 4.79 Å². The molecule has 2 amide bonds. The fourth-order valence-electron chi connectivity index (χ4n) is 3.35. The summed E-state index contributed by atoms with van der Waals surface area (Å²) >= 11 is 6.06. The molecule has 0 saturated carbocycles. The van der Waals surface area contributed by atoms with E-state index < -0.39 is 0 Å². The number of benzene rings is 3. The van der Waals surface area contributed by atoms with E-state index in [-0.39, 0.29) is 12.1 Å². The minimum absolute atomic E-state index is 0.217. The van der Waals surface area contributed by atoms with Gasteiger partial charge in [-0.3, -0.25) is 0 Å². The summed E-state index contributed by atoms with van der Waals surface area (Å²) < 4.78 is 0. The van der Waals surface area contributed by atoms with Crippen molar-refractivity contribution in [3.05, 3.63) is 106 Å². The maximum absolute atomic E-state index is 12.5. The number of hydrogen-bond donors (Lipinski definition) is 2. The van der Waals surface area contributed by atoms with Crippen molar-refractivity contribution in [2.24, 2.45) is 0 Å². The van der Waals surface area contributed by atoms with E-state index in [9.17, 15) is 4.79 Å². The number of carbonyl (C=O) groups is 1. The van der Waals surface area contributed by atoms with E-state index in [1.807, 2.05) is 61.5 Å². The van der Waals surface area contributed by atoms with Crippen LogP contribution in [0.25, 0.3) is 11.3 Å². The van der Waals surface area contributed by atoms with Gasteiger partial charge < -0.3 is 10.6 Å². The topological polar surface area (TPSA) is 41.1 Å². The normalized spacial score (nSPS) is 16.7. The van der Waals surface area contributed by atoms with Gasteiger partial charge in [0.15, 0.2) is 0 Å². The number of halogens is 1. The predicted octanol–water partition coefficient (Wildman–Crippen LogP) is 5.57. The Balaban J connectivity index is 1.94. The van der Waals surface area contributed by atoms with Gasteiger partial charge in [-0.1, -0.05) is 83.9 Å². The molecule has 1 atom stereocenters. The monoisotopic (exact) mass is 374 g/mol. The van der Waals surface area contributed by atoms with Gasteiger partial charge in [0, 0.05) is 10.6 Å². The molecule has 3 aromatic rings. The Hall–Kier alpha value is -3.04. The van der Waals surface area contributed by atoms with E-state index in [0.717, 1.165) is 28.0 Å². The van der Waals surface area contributed by atoms with Crippen LogP contribution in [0.2, 0.25) is 5.02 Å². The van der Waals surface area contributed by atoms with Crippen LogP contribution in [0.4, 0.5) is 4.79 Å². The van der Waals surface area contributed by atoms with Crippen molar-refractivity contribution in [2.45, 2.75) is 13.0 Å². The Morgan fingerprint density at radius 1 is 0.815 bits per heavy atom. The van der Waals surface area contributed by atoms with Crippen molar-refractivity contribution < 1.29 is 4.79 Å². The molecule has 1 unspecified atom stereocenters. The second-order valence-corrected chi connectivity index (χ2v) is 7.04. The summed E-state index contributed by atoms with van der Waals surface area (Å²) in [6.07, 6.45) is 0. The Labute approximate surface area is 163 Å². The number of rotatable bonds is 3. The summed E-state index contributed by atoms with van der Waals surface area (Å²) in [7, 11) is 0. The lowest BCUT2D eigenvalue weighted by Crippen LogP contribution is -2.42. The second kappa shape index (κ2) is 7.29. The number of urea groups is 1. The van der Waals surface area contributed by atoms with E-state index >= 15 is 0 Å². The average molecular weight is 375 g/mol. The van der Waals surface area contributed by atoms with E-state index in [0.29, 0.717) is 5.02 Å². The van der Waals surface area contributed by atoms with Gasteiger partial charge in [0.2, 0.25) is 0 Å². The molecule has 2 N–H and O–H groups in total. The van der Waals surface area contributed by atoms with Crippen LogP contribution >= 0.6 is 11.6 Å². The van der Waals surface area contributed by atoms with Crippen molar-refractivity contribution in [2.75, 3.05) is 0 Å². The van der Waals surface area contributed by atoms with Crippen molar-refractivity contribution in [1.29, 1.82) is 0 Å². The first-order chi connectivity index (χ1) is 13.1. The molecule has 4 rings (SSSR count). The highest BCUT2D eigenvalue weighted by Gasteiger charge is 2.29. The predicted molar refractivity (Wildman–Crippen MR) is 110 cm³/mol. The van der Waals surface area contributed by atoms with E-state index in [1.165, 1.54) is 5.56 Å². The lowest BCUT2D eigenvalue weighted by Gasteiger charge is -2.31. The van der Waals surface area contributed by atoms with Crippen molar-refractivity contribution in [3.63, 3.8) is 0 Å². The molecule has 3 nitrogen and oxygen atoms in total. The molecule has 0 aromatic heterocycles. The zero-order valence-corrected chi connectivity index (χ0v) is 15.6. The van der Waals surface area contributed by atoms with E-state index in [4.69, 9.17) is 11.6 Å². The molecule has 0 spiro atoms. The molecule has 4 heteroatoms.